The first kappa shape index (κ1) is 16.5. The molecule has 0 saturated carbocycles. The quantitative estimate of drug-likeness (QED) is 0.825. The number of benzene rings is 1. The predicted octanol–water partition coefficient (Wildman–Crippen LogP) is 2.79. The zero-order valence-corrected chi connectivity index (χ0v) is 14.0. The van der Waals surface area contributed by atoms with Crippen molar-refractivity contribution in [2.75, 3.05) is 19.7 Å². The van der Waals surface area contributed by atoms with Crippen molar-refractivity contribution in [1.29, 1.82) is 0 Å². The topological polar surface area (TPSA) is 50.4 Å². The summed E-state index contributed by atoms with van der Waals surface area (Å²) in [6, 6.07) is 8.00. The molecule has 0 radical (unpaired) electrons. The zero-order valence-electron chi connectivity index (χ0n) is 12.4. The number of hydrogen-bond donors (Lipinski definition) is 2. The molecule has 1 fully saturated rings. The molecule has 116 valence electrons. The molecule has 1 aliphatic rings. The van der Waals surface area contributed by atoms with Crippen LogP contribution in [0.4, 0.5) is 0 Å². The molecule has 0 spiro atoms. The van der Waals surface area contributed by atoms with Crippen LogP contribution in [-0.2, 0) is 9.53 Å². The fourth-order valence-corrected chi connectivity index (χ4v) is 2.87. The van der Waals surface area contributed by atoms with Gasteiger partial charge in [0.05, 0.1) is 18.8 Å². The summed E-state index contributed by atoms with van der Waals surface area (Å²) < 4.78 is 6.78. The second-order valence-corrected chi connectivity index (χ2v) is 6.33. The van der Waals surface area contributed by atoms with Gasteiger partial charge in [0.2, 0.25) is 5.91 Å². The number of hydrogen-bond acceptors (Lipinski definition) is 3. The van der Waals surface area contributed by atoms with Crippen molar-refractivity contribution >= 4 is 21.8 Å². The van der Waals surface area contributed by atoms with Gasteiger partial charge in [-0.3, -0.25) is 4.79 Å². The van der Waals surface area contributed by atoms with Crippen molar-refractivity contribution in [3.05, 3.63) is 34.3 Å². The van der Waals surface area contributed by atoms with E-state index in [1.54, 1.807) is 0 Å². The van der Waals surface area contributed by atoms with Gasteiger partial charge in [-0.25, -0.2) is 0 Å². The van der Waals surface area contributed by atoms with Gasteiger partial charge in [0.1, 0.15) is 0 Å². The van der Waals surface area contributed by atoms with Crippen LogP contribution in [0.1, 0.15) is 37.8 Å². The minimum atomic E-state index is 0.00822. The summed E-state index contributed by atoms with van der Waals surface area (Å²) >= 11 is 3.44. The normalized spacial score (nSPS) is 17.4. The lowest BCUT2D eigenvalue weighted by molar-refractivity contribution is -0.123. The van der Waals surface area contributed by atoms with E-state index in [4.69, 9.17) is 4.74 Å². The third-order valence-corrected chi connectivity index (χ3v) is 4.19. The molecule has 1 unspecified atom stereocenters. The molecule has 1 amide bonds. The number of carbonyl (C=O) groups is 1. The minimum Gasteiger partial charge on any atom is -0.378 e. The molecule has 1 saturated heterocycles. The number of amides is 1. The first-order valence-electron chi connectivity index (χ1n) is 7.52. The Morgan fingerprint density at radius 3 is 2.95 bits per heavy atom. The van der Waals surface area contributed by atoms with E-state index in [1.165, 1.54) is 0 Å². The van der Waals surface area contributed by atoms with Crippen LogP contribution in [-0.4, -0.2) is 31.7 Å². The maximum atomic E-state index is 11.9. The highest BCUT2D eigenvalue weighted by molar-refractivity contribution is 9.10. The summed E-state index contributed by atoms with van der Waals surface area (Å²) in [5, 5.41) is 6.31. The number of rotatable bonds is 6. The van der Waals surface area contributed by atoms with Crippen LogP contribution in [0.5, 0.6) is 0 Å². The molecule has 2 N–H and O–H groups in total. The molecule has 4 nitrogen and oxygen atoms in total. The van der Waals surface area contributed by atoms with E-state index >= 15 is 0 Å². The molecule has 1 heterocycles. The van der Waals surface area contributed by atoms with Gasteiger partial charge >= 0.3 is 0 Å². The Balaban J connectivity index is 1.69. The van der Waals surface area contributed by atoms with E-state index in [0.717, 1.165) is 36.0 Å². The third kappa shape index (κ3) is 5.77. The Morgan fingerprint density at radius 2 is 2.24 bits per heavy atom. The Labute approximate surface area is 134 Å². The predicted molar refractivity (Wildman–Crippen MR) is 87.2 cm³/mol. The van der Waals surface area contributed by atoms with E-state index in [1.807, 2.05) is 31.2 Å². The molecule has 0 bridgehead atoms. The van der Waals surface area contributed by atoms with Gasteiger partial charge in [0, 0.05) is 10.9 Å². The van der Waals surface area contributed by atoms with Gasteiger partial charge in [0.15, 0.2) is 0 Å². The fraction of sp³-hybridized carbons (Fsp3) is 0.562. The lowest BCUT2D eigenvalue weighted by Gasteiger charge is -2.23. The Kier molecular flexibility index (Phi) is 6.67. The van der Waals surface area contributed by atoms with Crippen molar-refractivity contribution in [2.24, 2.45) is 0 Å². The average Bonchev–Trinajstić information content (AvgIpc) is 2.48. The van der Waals surface area contributed by atoms with Crippen LogP contribution in [0.25, 0.3) is 0 Å². The Bertz CT molecular complexity index is 461. The van der Waals surface area contributed by atoms with Crippen LogP contribution in [0.3, 0.4) is 0 Å². The summed E-state index contributed by atoms with van der Waals surface area (Å²) in [5.74, 6) is 0.0383. The van der Waals surface area contributed by atoms with Crippen LogP contribution in [0.2, 0.25) is 0 Å². The van der Waals surface area contributed by atoms with Gasteiger partial charge in [0.25, 0.3) is 0 Å². The molecule has 1 atom stereocenters. The first-order valence-corrected chi connectivity index (χ1v) is 8.31. The SMILES string of the molecule is CC(NC(=O)CCOC1CCNCC1)c1cccc(Br)c1. The van der Waals surface area contributed by atoms with Crippen LogP contribution in [0, 0.1) is 0 Å². The molecule has 5 heteroatoms. The van der Waals surface area contributed by atoms with Crippen molar-refractivity contribution in [3.63, 3.8) is 0 Å². The highest BCUT2D eigenvalue weighted by Crippen LogP contribution is 2.17. The van der Waals surface area contributed by atoms with Crippen LogP contribution < -0.4 is 10.6 Å². The lowest BCUT2D eigenvalue weighted by Crippen LogP contribution is -2.33. The molecule has 2 rings (SSSR count). The number of nitrogens with one attached hydrogen (secondary N) is 2. The largest absolute Gasteiger partial charge is 0.378 e. The second kappa shape index (κ2) is 8.51. The molecule has 1 aromatic rings. The maximum Gasteiger partial charge on any atom is 0.222 e. The number of ether oxygens (including phenoxy) is 1. The number of carbonyl (C=O) groups excluding carboxylic acids is 1. The third-order valence-electron chi connectivity index (χ3n) is 3.70. The number of halogens is 1. The smallest absolute Gasteiger partial charge is 0.222 e. The average molecular weight is 355 g/mol. The van der Waals surface area contributed by atoms with Gasteiger partial charge in [-0.15, -0.1) is 0 Å². The molecule has 1 aromatic carbocycles. The first-order chi connectivity index (χ1) is 10.1. The Hall–Kier alpha value is -0.910. The van der Waals surface area contributed by atoms with Crippen LogP contribution in [0.15, 0.2) is 28.7 Å². The molecule has 21 heavy (non-hydrogen) atoms. The van der Waals surface area contributed by atoms with E-state index in [9.17, 15) is 4.79 Å². The summed E-state index contributed by atoms with van der Waals surface area (Å²) in [5.41, 5.74) is 1.09. The van der Waals surface area contributed by atoms with Gasteiger partial charge < -0.3 is 15.4 Å². The maximum absolute atomic E-state index is 11.9. The molecule has 0 aromatic heterocycles. The molecule has 0 aliphatic carbocycles. The lowest BCUT2D eigenvalue weighted by atomic mass is 10.1. The van der Waals surface area contributed by atoms with Crippen molar-refractivity contribution in [2.45, 2.75) is 38.3 Å². The monoisotopic (exact) mass is 354 g/mol. The van der Waals surface area contributed by atoms with Gasteiger partial charge in [-0.05, 0) is 50.6 Å². The molecular formula is C16H23BrN2O2. The van der Waals surface area contributed by atoms with Gasteiger partial charge in [-0.2, -0.15) is 0 Å². The standard InChI is InChI=1S/C16H23BrN2O2/c1-12(13-3-2-4-14(17)11-13)19-16(20)7-10-21-15-5-8-18-9-6-15/h2-4,11-12,15,18H,5-10H2,1H3,(H,19,20). The van der Waals surface area contributed by atoms with E-state index in [2.05, 4.69) is 26.6 Å². The Morgan fingerprint density at radius 1 is 1.48 bits per heavy atom. The minimum absolute atomic E-state index is 0.00822. The highest BCUT2D eigenvalue weighted by Gasteiger charge is 2.14. The number of piperidine rings is 1. The molecule has 1 aliphatic heterocycles. The summed E-state index contributed by atoms with van der Waals surface area (Å²) in [6.07, 6.45) is 2.80. The van der Waals surface area contributed by atoms with Gasteiger partial charge in [-0.1, -0.05) is 28.1 Å². The van der Waals surface area contributed by atoms with E-state index in [-0.39, 0.29) is 11.9 Å². The van der Waals surface area contributed by atoms with Crippen molar-refractivity contribution < 1.29 is 9.53 Å². The molecular weight excluding hydrogens is 332 g/mol. The van der Waals surface area contributed by atoms with E-state index in [0.29, 0.717) is 19.1 Å². The highest BCUT2D eigenvalue weighted by atomic mass is 79.9. The summed E-state index contributed by atoms with van der Waals surface area (Å²) in [7, 11) is 0. The van der Waals surface area contributed by atoms with Crippen molar-refractivity contribution in [1.82, 2.24) is 10.6 Å². The van der Waals surface area contributed by atoms with Crippen molar-refractivity contribution in [3.8, 4) is 0 Å². The van der Waals surface area contributed by atoms with E-state index < -0.39 is 0 Å². The van der Waals surface area contributed by atoms with Crippen LogP contribution >= 0.6 is 15.9 Å². The summed E-state index contributed by atoms with van der Waals surface area (Å²) in [6.45, 7) is 4.52. The fourth-order valence-electron chi connectivity index (χ4n) is 2.45. The zero-order chi connectivity index (χ0) is 15.1. The second-order valence-electron chi connectivity index (χ2n) is 5.41. The summed E-state index contributed by atoms with van der Waals surface area (Å²) in [4.78, 5) is 11.9.